The Balaban J connectivity index is 1.94. The number of anilines is 2. The van der Waals surface area contributed by atoms with E-state index in [1.807, 2.05) is 0 Å². The number of amides is 2. The summed E-state index contributed by atoms with van der Waals surface area (Å²) in [7, 11) is 0. The number of hydrogen-bond acceptors (Lipinski definition) is 5. The molecule has 0 saturated carbocycles. The second kappa shape index (κ2) is 9.00. The van der Waals surface area contributed by atoms with Crippen molar-refractivity contribution in [2.24, 2.45) is 0 Å². The Morgan fingerprint density at radius 2 is 1.45 bits per heavy atom. The maximum Gasteiger partial charge on any atom is 0.471 e. The number of alkyl halides is 3. The van der Waals surface area contributed by atoms with E-state index in [-0.39, 0.29) is 17.0 Å². The Morgan fingerprint density at radius 1 is 0.897 bits per heavy atom. The number of Topliss-reactive ketones (excluding diaryl/α,β-unsaturated/α-hetero) is 1. The lowest BCUT2D eigenvalue weighted by molar-refractivity contribution is -0.167. The molecule has 0 aliphatic heterocycles. The van der Waals surface area contributed by atoms with Crippen molar-refractivity contribution in [2.75, 3.05) is 17.2 Å². The average molecular weight is 408 g/mol. The van der Waals surface area contributed by atoms with Crippen LogP contribution in [0.3, 0.4) is 0 Å². The van der Waals surface area contributed by atoms with Crippen LogP contribution >= 0.6 is 0 Å². The minimum atomic E-state index is -5.08. The lowest BCUT2D eigenvalue weighted by atomic mass is 10.1. The van der Waals surface area contributed by atoms with Crippen molar-refractivity contribution in [2.45, 2.75) is 13.1 Å². The van der Waals surface area contributed by atoms with E-state index >= 15 is 0 Å². The van der Waals surface area contributed by atoms with Gasteiger partial charge in [0.05, 0.1) is 5.56 Å². The molecule has 2 aromatic carbocycles. The highest BCUT2D eigenvalue weighted by Crippen LogP contribution is 2.19. The number of esters is 1. The molecule has 0 spiro atoms. The van der Waals surface area contributed by atoms with Gasteiger partial charge in [0, 0.05) is 16.9 Å². The molecular formula is C19H15F3N2O5. The van der Waals surface area contributed by atoms with Gasteiger partial charge < -0.3 is 15.4 Å². The molecule has 0 atom stereocenters. The topological polar surface area (TPSA) is 102 Å². The number of carbonyl (C=O) groups excluding carboxylic acids is 4. The van der Waals surface area contributed by atoms with Crippen LogP contribution in [0.2, 0.25) is 0 Å². The highest BCUT2D eigenvalue weighted by atomic mass is 19.4. The van der Waals surface area contributed by atoms with Crippen LogP contribution < -0.4 is 10.6 Å². The van der Waals surface area contributed by atoms with Gasteiger partial charge in [0.1, 0.15) is 0 Å². The normalized spacial score (nSPS) is 10.8. The summed E-state index contributed by atoms with van der Waals surface area (Å²) in [4.78, 5) is 46.2. The van der Waals surface area contributed by atoms with Gasteiger partial charge in [-0.2, -0.15) is 13.2 Å². The predicted octanol–water partition coefficient (Wildman–Crippen LogP) is 3.19. The molecule has 0 bridgehead atoms. The highest BCUT2D eigenvalue weighted by Gasteiger charge is 2.38. The maximum atomic E-state index is 12.3. The summed E-state index contributed by atoms with van der Waals surface area (Å²) in [6, 6.07) is 10.8. The molecular weight excluding hydrogens is 393 g/mol. The fraction of sp³-hybridized carbons (Fsp3) is 0.158. The van der Waals surface area contributed by atoms with E-state index in [9.17, 15) is 32.3 Å². The van der Waals surface area contributed by atoms with Crippen LogP contribution in [-0.2, 0) is 14.3 Å². The molecule has 29 heavy (non-hydrogen) atoms. The lowest BCUT2D eigenvalue weighted by Crippen LogP contribution is -2.30. The summed E-state index contributed by atoms with van der Waals surface area (Å²) in [6.07, 6.45) is -5.08. The van der Waals surface area contributed by atoms with E-state index in [1.54, 1.807) is 23.5 Å². The third kappa shape index (κ3) is 6.45. The summed E-state index contributed by atoms with van der Waals surface area (Å²) >= 11 is 0. The molecule has 0 radical (unpaired) electrons. The standard InChI is InChI=1S/C19H15F3N2O5/c1-11(25)12-4-2-6-14(8-12)23-16(26)10-29-17(27)13-5-3-7-15(9-13)24-18(28)19(20,21)22/h2-9H,10H2,1H3,(H,23,26)(H,24,28). The average Bonchev–Trinajstić information content (AvgIpc) is 2.65. The largest absolute Gasteiger partial charge is 0.471 e. The second-order valence-electron chi connectivity index (χ2n) is 5.79. The number of nitrogens with one attached hydrogen (secondary N) is 2. The molecule has 152 valence electrons. The van der Waals surface area contributed by atoms with Gasteiger partial charge in [-0.05, 0) is 37.3 Å². The molecule has 0 saturated heterocycles. The van der Waals surface area contributed by atoms with Crippen LogP contribution in [0.4, 0.5) is 24.5 Å². The van der Waals surface area contributed by atoms with Crippen LogP contribution in [0, 0.1) is 0 Å². The predicted molar refractivity (Wildman–Crippen MR) is 96.5 cm³/mol. The first-order valence-corrected chi connectivity index (χ1v) is 8.12. The third-order valence-corrected chi connectivity index (χ3v) is 3.50. The molecule has 0 unspecified atom stereocenters. The van der Waals surface area contributed by atoms with Gasteiger partial charge in [0.15, 0.2) is 12.4 Å². The second-order valence-corrected chi connectivity index (χ2v) is 5.79. The van der Waals surface area contributed by atoms with E-state index in [4.69, 9.17) is 4.74 Å². The number of hydrogen-bond donors (Lipinski definition) is 2. The van der Waals surface area contributed by atoms with Gasteiger partial charge in [-0.15, -0.1) is 0 Å². The van der Waals surface area contributed by atoms with Gasteiger partial charge in [-0.1, -0.05) is 18.2 Å². The summed E-state index contributed by atoms with van der Waals surface area (Å²) in [5.41, 5.74) is 0.303. The van der Waals surface area contributed by atoms with Crippen molar-refractivity contribution in [3.05, 3.63) is 59.7 Å². The molecule has 0 fully saturated rings. The molecule has 0 aromatic heterocycles. The Labute approximate surface area is 162 Å². The number of benzene rings is 2. The molecule has 2 amide bonds. The summed E-state index contributed by atoms with van der Waals surface area (Å²) < 4.78 is 41.7. The molecule has 0 aliphatic carbocycles. The third-order valence-electron chi connectivity index (χ3n) is 3.50. The number of carbonyl (C=O) groups is 4. The zero-order valence-corrected chi connectivity index (χ0v) is 15.0. The van der Waals surface area contributed by atoms with Crippen LogP contribution in [0.25, 0.3) is 0 Å². The minimum absolute atomic E-state index is 0.156. The number of ether oxygens (including phenoxy) is 1. The molecule has 2 N–H and O–H groups in total. The Kier molecular flexibility index (Phi) is 6.71. The van der Waals surface area contributed by atoms with Crippen molar-refractivity contribution in [1.29, 1.82) is 0 Å². The van der Waals surface area contributed by atoms with Crippen LogP contribution in [0.1, 0.15) is 27.6 Å². The fourth-order valence-corrected chi connectivity index (χ4v) is 2.15. The molecule has 2 rings (SSSR count). The smallest absolute Gasteiger partial charge is 0.452 e. The first-order valence-electron chi connectivity index (χ1n) is 8.12. The summed E-state index contributed by atoms with van der Waals surface area (Å²) in [5, 5.41) is 4.06. The summed E-state index contributed by atoms with van der Waals surface area (Å²) in [5.74, 6) is -4.03. The molecule has 0 aliphatic rings. The lowest BCUT2D eigenvalue weighted by Gasteiger charge is -2.10. The van der Waals surface area contributed by atoms with Crippen molar-refractivity contribution in [3.8, 4) is 0 Å². The molecule has 0 heterocycles. The van der Waals surface area contributed by atoms with Gasteiger partial charge in [0.25, 0.3) is 5.91 Å². The highest BCUT2D eigenvalue weighted by molar-refractivity contribution is 5.99. The fourth-order valence-electron chi connectivity index (χ4n) is 2.15. The molecule has 2 aromatic rings. The van der Waals surface area contributed by atoms with Gasteiger partial charge in [0.2, 0.25) is 0 Å². The molecule has 10 heteroatoms. The van der Waals surface area contributed by atoms with Gasteiger partial charge in [-0.25, -0.2) is 4.79 Å². The van der Waals surface area contributed by atoms with Gasteiger partial charge in [-0.3, -0.25) is 14.4 Å². The van der Waals surface area contributed by atoms with E-state index in [0.29, 0.717) is 11.3 Å². The monoisotopic (exact) mass is 408 g/mol. The zero-order chi connectivity index (χ0) is 21.6. The Morgan fingerprint density at radius 3 is 2.03 bits per heavy atom. The SMILES string of the molecule is CC(=O)c1cccc(NC(=O)COC(=O)c2cccc(NC(=O)C(F)(F)F)c2)c1. The van der Waals surface area contributed by atoms with E-state index in [0.717, 1.165) is 12.1 Å². The van der Waals surface area contributed by atoms with Crippen molar-refractivity contribution in [3.63, 3.8) is 0 Å². The number of rotatable bonds is 6. The minimum Gasteiger partial charge on any atom is -0.452 e. The first-order chi connectivity index (χ1) is 13.6. The zero-order valence-electron chi connectivity index (χ0n) is 15.0. The first kappa shape index (κ1) is 21.6. The van der Waals surface area contributed by atoms with E-state index in [1.165, 1.54) is 25.1 Å². The quantitative estimate of drug-likeness (QED) is 0.565. The maximum absolute atomic E-state index is 12.3. The van der Waals surface area contributed by atoms with Gasteiger partial charge >= 0.3 is 18.1 Å². The van der Waals surface area contributed by atoms with Crippen LogP contribution in [0.15, 0.2) is 48.5 Å². The van der Waals surface area contributed by atoms with Crippen molar-refractivity contribution in [1.82, 2.24) is 0 Å². The summed E-state index contributed by atoms with van der Waals surface area (Å²) in [6.45, 7) is 0.705. The number of ketones is 1. The van der Waals surface area contributed by atoms with Crippen molar-refractivity contribution < 1.29 is 37.1 Å². The number of halogens is 3. The Hall–Kier alpha value is -3.69. The van der Waals surface area contributed by atoms with Crippen LogP contribution in [0.5, 0.6) is 0 Å². The van der Waals surface area contributed by atoms with E-state index in [2.05, 4.69) is 5.32 Å². The van der Waals surface area contributed by atoms with Crippen LogP contribution in [-0.4, -0.2) is 36.4 Å². The van der Waals surface area contributed by atoms with Crippen molar-refractivity contribution >= 4 is 34.9 Å². The molecule has 7 nitrogen and oxygen atoms in total. The van der Waals surface area contributed by atoms with E-state index < -0.39 is 30.6 Å². The Bertz CT molecular complexity index is 957.